The van der Waals surface area contributed by atoms with E-state index < -0.39 is 5.97 Å². The van der Waals surface area contributed by atoms with Crippen molar-refractivity contribution in [1.29, 1.82) is 0 Å². The summed E-state index contributed by atoms with van der Waals surface area (Å²) < 4.78 is 15.7. The minimum absolute atomic E-state index is 0.106. The highest BCUT2D eigenvalue weighted by Crippen LogP contribution is 2.18. The Morgan fingerprint density at radius 2 is 2.04 bits per heavy atom. The topological polar surface area (TPSA) is 103 Å². The van der Waals surface area contributed by atoms with Crippen molar-refractivity contribution in [3.8, 4) is 5.75 Å². The van der Waals surface area contributed by atoms with E-state index in [1.165, 1.54) is 25.6 Å². The Morgan fingerprint density at radius 1 is 1.18 bits per heavy atom. The molecule has 1 N–H and O–H groups in total. The number of hydrazone groups is 1. The number of hydrogen-bond acceptors (Lipinski definition) is 7. The molecule has 1 aromatic carbocycles. The standard InChI is InChI=1S/C20H17N3O5/c1-26-20(25)18-9-8-16(28-18)13-27-17-7-3-2-5-14(17)12-22-23-19(24)15-6-4-10-21-11-15/h2-12H,13H2,1H3,(H,23,24). The Kier molecular flexibility index (Phi) is 6.14. The molecule has 2 heterocycles. The van der Waals surface area contributed by atoms with Gasteiger partial charge in [0.05, 0.1) is 18.9 Å². The summed E-state index contributed by atoms with van der Waals surface area (Å²) in [5.74, 6) is 0.195. The molecular formula is C20H17N3O5. The van der Waals surface area contributed by atoms with E-state index in [-0.39, 0.29) is 18.3 Å². The molecule has 0 atom stereocenters. The van der Waals surface area contributed by atoms with Crippen LogP contribution in [-0.2, 0) is 11.3 Å². The van der Waals surface area contributed by atoms with Crippen molar-refractivity contribution < 1.29 is 23.5 Å². The van der Waals surface area contributed by atoms with Crippen LogP contribution in [0.4, 0.5) is 0 Å². The van der Waals surface area contributed by atoms with Crippen LogP contribution in [0, 0.1) is 0 Å². The van der Waals surface area contributed by atoms with E-state index in [0.29, 0.717) is 22.6 Å². The predicted octanol–water partition coefficient (Wildman–Crippen LogP) is 2.80. The fraction of sp³-hybridized carbons (Fsp3) is 0.100. The minimum Gasteiger partial charge on any atom is -0.485 e. The second-order valence-electron chi connectivity index (χ2n) is 5.52. The van der Waals surface area contributed by atoms with Gasteiger partial charge in [-0.15, -0.1) is 0 Å². The molecule has 0 radical (unpaired) electrons. The number of carbonyl (C=O) groups is 2. The van der Waals surface area contributed by atoms with E-state index in [0.717, 1.165) is 0 Å². The Hall–Kier alpha value is -3.94. The summed E-state index contributed by atoms with van der Waals surface area (Å²) in [7, 11) is 1.28. The van der Waals surface area contributed by atoms with Gasteiger partial charge in [0.2, 0.25) is 5.76 Å². The number of rotatable bonds is 7. The number of para-hydroxylation sites is 1. The van der Waals surface area contributed by atoms with E-state index >= 15 is 0 Å². The number of nitrogens with zero attached hydrogens (tertiary/aromatic N) is 2. The van der Waals surface area contributed by atoms with Gasteiger partial charge in [-0.2, -0.15) is 5.10 Å². The Labute approximate surface area is 160 Å². The fourth-order valence-electron chi connectivity index (χ4n) is 2.26. The Balaban J connectivity index is 1.62. The van der Waals surface area contributed by atoms with Gasteiger partial charge in [-0.05, 0) is 36.4 Å². The molecule has 28 heavy (non-hydrogen) atoms. The first-order chi connectivity index (χ1) is 13.7. The van der Waals surface area contributed by atoms with Crippen LogP contribution in [0.15, 0.2) is 70.4 Å². The zero-order valence-corrected chi connectivity index (χ0v) is 15.0. The number of aromatic nitrogens is 1. The van der Waals surface area contributed by atoms with E-state index in [4.69, 9.17) is 9.15 Å². The predicted molar refractivity (Wildman–Crippen MR) is 100 cm³/mol. The van der Waals surface area contributed by atoms with E-state index in [9.17, 15) is 9.59 Å². The fourth-order valence-corrected chi connectivity index (χ4v) is 2.26. The lowest BCUT2D eigenvalue weighted by Crippen LogP contribution is -2.17. The number of nitrogens with one attached hydrogen (secondary N) is 1. The molecule has 1 amide bonds. The van der Waals surface area contributed by atoms with Crippen molar-refractivity contribution in [2.24, 2.45) is 5.10 Å². The average molecular weight is 379 g/mol. The highest BCUT2D eigenvalue weighted by Gasteiger charge is 2.12. The average Bonchev–Trinajstić information content (AvgIpc) is 3.22. The monoisotopic (exact) mass is 379 g/mol. The summed E-state index contributed by atoms with van der Waals surface area (Å²) in [6.45, 7) is 0.115. The summed E-state index contributed by atoms with van der Waals surface area (Å²) >= 11 is 0. The van der Waals surface area contributed by atoms with Crippen LogP contribution in [0.3, 0.4) is 0 Å². The van der Waals surface area contributed by atoms with Crippen molar-refractivity contribution >= 4 is 18.1 Å². The molecular weight excluding hydrogens is 362 g/mol. The molecule has 3 aromatic rings. The van der Waals surface area contributed by atoms with E-state index in [1.807, 2.05) is 12.1 Å². The molecule has 0 saturated carbocycles. The van der Waals surface area contributed by atoms with Crippen LogP contribution in [0.5, 0.6) is 5.75 Å². The van der Waals surface area contributed by atoms with Crippen molar-refractivity contribution in [2.45, 2.75) is 6.61 Å². The molecule has 0 aliphatic heterocycles. The summed E-state index contributed by atoms with van der Waals surface area (Å²) in [6.07, 6.45) is 4.51. The van der Waals surface area contributed by atoms with Crippen LogP contribution in [0.2, 0.25) is 0 Å². The van der Waals surface area contributed by atoms with Crippen molar-refractivity contribution in [3.63, 3.8) is 0 Å². The molecule has 0 aliphatic carbocycles. The first-order valence-corrected chi connectivity index (χ1v) is 8.29. The van der Waals surface area contributed by atoms with Gasteiger partial charge in [0, 0.05) is 18.0 Å². The maximum Gasteiger partial charge on any atom is 0.373 e. The van der Waals surface area contributed by atoms with Crippen LogP contribution in [0.1, 0.15) is 32.2 Å². The zero-order valence-electron chi connectivity index (χ0n) is 15.0. The van der Waals surface area contributed by atoms with Gasteiger partial charge in [-0.25, -0.2) is 10.2 Å². The first kappa shape index (κ1) is 18.8. The van der Waals surface area contributed by atoms with Crippen LogP contribution >= 0.6 is 0 Å². The Bertz CT molecular complexity index is 982. The molecule has 0 fully saturated rings. The number of hydrogen-bond donors (Lipinski definition) is 1. The number of amides is 1. The zero-order chi connectivity index (χ0) is 19.8. The van der Waals surface area contributed by atoms with Crippen LogP contribution in [-0.4, -0.2) is 30.2 Å². The number of benzene rings is 1. The lowest BCUT2D eigenvalue weighted by atomic mass is 10.2. The van der Waals surface area contributed by atoms with Crippen molar-refractivity contribution in [1.82, 2.24) is 10.4 Å². The molecule has 8 nitrogen and oxygen atoms in total. The summed E-state index contributed by atoms with van der Waals surface area (Å²) in [6, 6.07) is 13.6. The molecule has 2 aromatic heterocycles. The second kappa shape index (κ2) is 9.13. The van der Waals surface area contributed by atoms with Gasteiger partial charge in [-0.3, -0.25) is 9.78 Å². The van der Waals surface area contributed by atoms with Gasteiger partial charge in [0.25, 0.3) is 5.91 Å². The van der Waals surface area contributed by atoms with E-state index in [2.05, 4.69) is 20.2 Å². The SMILES string of the molecule is COC(=O)c1ccc(COc2ccccc2C=NNC(=O)c2cccnc2)o1. The molecule has 142 valence electrons. The van der Waals surface area contributed by atoms with Crippen molar-refractivity contribution in [2.75, 3.05) is 7.11 Å². The summed E-state index contributed by atoms with van der Waals surface area (Å²) in [5.41, 5.74) is 3.50. The maximum atomic E-state index is 12.0. The minimum atomic E-state index is -0.553. The van der Waals surface area contributed by atoms with Gasteiger partial charge < -0.3 is 13.9 Å². The lowest BCUT2D eigenvalue weighted by molar-refractivity contribution is 0.0560. The summed E-state index contributed by atoms with van der Waals surface area (Å²) in [4.78, 5) is 27.3. The highest BCUT2D eigenvalue weighted by atomic mass is 16.5. The van der Waals surface area contributed by atoms with Crippen molar-refractivity contribution in [3.05, 3.63) is 83.6 Å². The molecule has 0 unspecified atom stereocenters. The third-order valence-electron chi connectivity index (χ3n) is 3.63. The highest BCUT2D eigenvalue weighted by molar-refractivity contribution is 5.94. The molecule has 0 spiro atoms. The lowest BCUT2D eigenvalue weighted by Gasteiger charge is -2.07. The van der Waals surface area contributed by atoms with Crippen LogP contribution < -0.4 is 10.2 Å². The van der Waals surface area contributed by atoms with Gasteiger partial charge in [0.1, 0.15) is 18.1 Å². The normalized spacial score (nSPS) is 10.6. The number of esters is 1. The number of furan rings is 1. The molecule has 3 rings (SSSR count). The maximum absolute atomic E-state index is 12.0. The van der Waals surface area contributed by atoms with Crippen LogP contribution in [0.25, 0.3) is 0 Å². The molecule has 0 aliphatic rings. The quantitative estimate of drug-likeness (QED) is 0.385. The largest absolute Gasteiger partial charge is 0.485 e. The summed E-state index contributed by atoms with van der Waals surface area (Å²) in [5, 5.41) is 3.96. The third-order valence-corrected chi connectivity index (χ3v) is 3.63. The van der Waals surface area contributed by atoms with Gasteiger partial charge in [0.15, 0.2) is 0 Å². The third kappa shape index (κ3) is 4.82. The number of pyridine rings is 1. The molecule has 0 saturated heterocycles. The number of methoxy groups -OCH3 is 1. The smallest absolute Gasteiger partial charge is 0.373 e. The Morgan fingerprint density at radius 3 is 2.82 bits per heavy atom. The molecule has 0 bridgehead atoms. The van der Waals surface area contributed by atoms with Gasteiger partial charge >= 0.3 is 5.97 Å². The second-order valence-corrected chi connectivity index (χ2v) is 5.52. The molecule has 8 heteroatoms. The first-order valence-electron chi connectivity index (χ1n) is 8.29. The van der Waals surface area contributed by atoms with Gasteiger partial charge in [-0.1, -0.05) is 12.1 Å². The number of carbonyl (C=O) groups excluding carboxylic acids is 2. The van der Waals surface area contributed by atoms with E-state index in [1.54, 1.807) is 36.5 Å². The number of ether oxygens (including phenoxy) is 2.